The molecular formula is C50H32N2O. The summed E-state index contributed by atoms with van der Waals surface area (Å²) in [6.07, 6.45) is 0. The van der Waals surface area contributed by atoms with E-state index in [1.54, 1.807) is 0 Å². The Morgan fingerprint density at radius 2 is 0.755 bits per heavy atom. The molecule has 0 bridgehead atoms. The van der Waals surface area contributed by atoms with Gasteiger partial charge < -0.3 is 9.13 Å². The van der Waals surface area contributed by atoms with Crippen LogP contribution >= 0.6 is 0 Å². The van der Waals surface area contributed by atoms with Crippen LogP contribution in [0.25, 0.3) is 55.0 Å². The first-order valence-electron chi connectivity index (χ1n) is 18.2. The average Bonchev–Trinajstić information content (AvgIpc) is 3.73. The number of aromatic nitrogens is 2. The molecule has 1 aliphatic carbocycles. The maximum absolute atomic E-state index is 14.0. The van der Waals surface area contributed by atoms with Crippen LogP contribution < -0.4 is 0 Å². The van der Waals surface area contributed by atoms with E-state index in [-0.39, 0.29) is 5.78 Å². The minimum atomic E-state index is -0.673. The fourth-order valence-electron chi connectivity index (χ4n) is 9.21. The van der Waals surface area contributed by atoms with Gasteiger partial charge in [0.1, 0.15) is 0 Å². The van der Waals surface area contributed by atoms with Crippen LogP contribution in [0.2, 0.25) is 0 Å². The Hall–Kier alpha value is -6.97. The monoisotopic (exact) mass is 676 g/mol. The van der Waals surface area contributed by atoms with Gasteiger partial charge in [0, 0.05) is 44.0 Å². The van der Waals surface area contributed by atoms with Gasteiger partial charge in [0.05, 0.1) is 27.5 Å². The highest BCUT2D eigenvalue weighted by Gasteiger charge is 2.46. The van der Waals surface area contributed by atoms with E-state index in [9.17, 15) is 4.79 Å². The fraction of sp³-hybridized carbons (Fsp3) is 0.0200. The van der Waals surface area contributed by atoms with Gasteiger partial charge in [-0.15, -0.1) is 0 Å². The molecule has 0 spiro atoms. The van der Waals surface area contributed by atoms with Crippen molar-refractivity contribution in [3.05, 3.63) is 228 Å². The summed E-state index contributed by atoms with van der Waals surface area (Å²) in [4.78, 5) is 14.0. The van der Waals surface area contributed by atoms with E-state index in [0.29, 0.717) is 0 Å². The van der Waals surface area contributed by atoms with Crippen LogP contribution in [0.3, 0.4) is 0 Å². The minimum Gasteiger partial charge on any atom is -0.309 e. The standard InChI is InChI=1S/C50H32N2O/c53-49-39-21-7-11-23-43(39)50(33-15-3-1-4-16-33,44-24-12-8-22-40(44)49)34-27-29-36(30-28-34)52-46-26-14-10-20-38(46)42-31-47-41(32-48(42)52)37-19-9-13-25-45(37)51(47)35-17-5-2-6-18-35/h1-32H. The molecule has 2 aromatic heterocycles. The zero-order valence-electron chi connectivity index (χ0n) is 28.8. The van der Waals surface area contributed by atoms with Crippen molar-refractivity contribution in [1.29, 1.82) is 0 Å². The number of rotatable bonds is 4. The molecule has 53 heavy (non-hydrogen) atoms. The van der Waals surface area contributed by atoms with Crippen LogP contribution in [-0.4, -0.2) is 14.9 Å². The summed E-state index contributed by atoms with van der Waals surface area (Å²) in [6, 6.07) is 68.8. The summed E-state index contributed by atoms with van der Waals surface area (Å²) in [5, 5.41) is 4.88. The van der Waals surface area contributed by atoms with Gasteiger partial charge in [-0.25, -0.2) is 0 Å². The Kier molecular flexibility index (Phi) is 6.32. The number of hydrogen-bond donors (Lipinski definition) is 0. The van der Waals surface area contributed by atoms with Crippen molar-refractivity contribution in [3.8, 4) is 11.4 Å². The molecule has 10 aromatic rings. The van der Waals surface area contributed by atoms with Crippen molar-refractivity contribution in [1.82, 2.24) is 9.13 Å². The summed E-state index contributed by atoms with van der Waals surface area (Å²) < 4.78 is 4.79. The van der Waals surface area contributed by atoms with Crippen molar-refractivity contribution in [2.75, 3.05) is 0 Å². The summed E-state index contributed by atoms with van der Waals surface area (Å²) in [7, 11) is 0. The van der Waals surface area contributed by atoms with Gasteiger partial charge in [-0.05, 0) is 70.8 Å². The van der Waals surface area contributed by atoms with Gasteiger partial charge in [0.15, 0.2) is 5.78 Å². The zero-order valence-corrected chi connectivity index (χ0v) is 28.8. The number of benzene rings is 8. The predicted molar refractivity (Wildman–Crippen MR) is 217 cm³/mol. The van der Waals surface area contributed by atoms with E-state index in [1.165, 1.54) is 38.1 Å². The highest BCUT2D eigenvalue weighted by atomic mass is 16.1. The lowest BCUT2D eigenvalue weighted by Gasteiger charge is -2.41. The van der Waals surface area contributed by atoms with Crippen molar-refractivity contribution in [2.24, 2.45) is 0 Å². The molecule has 11 rings (SSSR count). The van der Waals surface area contributed by atoms with Crippen LogP contribution in [0.4, 0.5) is 0 Å². The number of hydrogen-bond acceptors (Lipinski definition) is 1. The molecule has 8 aromatic carbocycles. The summed E-state index contributed by atoms with van der Waals surface area (Å²) >= 11 is 0. The minimum absolute atomic E-state index is 0.0737. The van der Waals surface area contributed by atoms with Gasteiger partial charge in [0.25, 0.3) is 0 Å². The van der Waals surface area contributed by atoms with E-state index in [2.05, 4.69) is 179 Å². The highest BCUT2D eigenvalue weighted by Crippen LogP contribution is 2.51. The van der Waals surface area contributed by atoms with Gasteiger partial charge >= 0.3 is 0 Å². The smallest absolute Gasteiger partial charge is 0.193 e. The summed E-state index contributed by atoms with van der Waals surface area (Å²) in [6.45, 7) is 0. The topological polar surface area (TPSA) is 26.9 Å². The molecule has 3 nitrogen and oxygen atoms in total. The first-order chi connectivity index (χ1) is 26.2. The Bertz CT molecular complexity index is 3010. The molecular weight excluding hydrogens is 645 g/mol. The first kappa shape index (κ1) is 29.7. The Morgan fingerprint density at radius 3 is 1.30 bits per heavy atom. The van der Waals surface area contributed by atoms with E-state index in [0.717, 1.165) is 50.3 Å². The number of carbonyl (C=O) groups excluding carboxylic acids is 1. The van der Waals surface area contributed by atoms with Gasteiger partial charge in [-0.2, -0.15) is 0 Å². The van der Waals surface area contributed by atoms with Crippen LogP contribution in [-0.2, 0) is 5.41 Å². The van der Waals surface area contributed by atoms with E-state index >= 15 is 0 Å². The van der Waals surface area contributed by atoms with Crippen molar-refractivity contribution >= 4 is 49.4 Å². The third-order valence-corrected chi connectivity index (χ3v) is 11.4. The molecule has 0 N–H and O–H groups in total. The molecule has 0 saturated carbocycles. The fourth-order valence-corrected chi connectivity index (χ4v) is 9.21. The molecule has 3 heteroatoms. The number of ketones is 1. The highest BCUT2D eigenvalue weighted by molar-refractivity contribution is 6.19. The van der Waals surface area contributed by atoms with E-state index in [4.69, 9.17) is 0 Å². The summed E-state index contributed by atoms with van der Waals surface area (Å²) in [5.41, 5.74) is 12.1. The molecule has 0 radical (unpaired) electrons. The number of nitrogens with zero attached hydrogens (tertiary/aromatic N) is 2. The Labute approximate surface area is 306 Å². The molecule has 2 heterocycles. The van der Waals surface area contributed by atoms with Crippen molar-refractivity contribution in [2.45, 2.75) is 5.41 Å². The average molecular weight is 677 g/mol. The van der Waals surface area contributed by atoms with Gasteiger partial charge in [-0.1, -0.05) is 146 Å². The third kappa shape index (κ3) is 4.08. The number of carbonyl (C=O) groups is 1. The maximum Gasteiger partial charge on any atom is 0.193 e. The quantitative estimate of drug-likeness (QED) is 0.182. The van der Waals surface area contributed by atoms with Crippen LogP contribution in [0.5, 0.6) is 0 Å². The lowest BCUT2D eigenvalue weighted by atomic mass is 9.59. The number of fused-ring (bicyclic) bond motifs is 8. The molecule has 0 fully saturated rings. The second-order valence-corrected chi connectivity index (χ2v) is 14.0. The predicted octanol–water partition coefficient (Wildman–Crippen LogP) is 11.8. The second kappa shape index (κ2) is 11.3. The summed E-state index contributed by atoms with van der Waals surface area (Å²) in [5.74, 6) is 0.0737. The van der Waals surface area contributed by atoms with Crippen LogP contribution in [0.1, 0.15) is 38.2 Å². The van der Waals surface area contributed by atoms with E-state index in [1.807, 2.05) is 24.3 Å². The molecule has 1 aliphatic rings. The molecule has 0 aliphatic heterocycles. The normalized spacial score (nSPS) is 13.5. The van der Waals surface area contributed by atoms with Crippen molar-refractivity contribution in [3.63, 3.8) is 0 Å². The molecule has 0 atom stereocenters. The lowest BCUT2D eigenvalue weighted by Crippen LogP contribution is -2.38. The Morgan fingerprint density at radius 1 is 0.340 bits per heavy atom. The van der Waals surface area contributed by atoms with Crippen LogP contribution in [0.15, 0.2) is 194 Å². The SMILES string of the molecule is O=C1c2ccccc2C(c2ccccc2)(c2ccc(-n3c4ccccc4c4cc5c(cc43)c3ccccc3n5-c3ccccc3)cc2)c2ccccc21. The van der Waals surface area contributed by atoms with Gasteiger partial charge in [-0.3, -0.25) is 4.79 Å². The molecule has 0 amide bonds. The lowest BCUT2D eigenvalue weighted by molar-refractivity contribution is 0.103. The molecule has 248 valence electrons. The number of para-hydroxylation sites is 3. The first-order valence-corrected chi connectivity index (χ1v) is 18.2. The Balaban J connectivity index is 1.18. The van der Waals surface area contributed by atoms with E-state index < -0.39 is 5.41 Å². The zero-order chi connectivity index (χ0) is 35.1. The maximum atomic E-state index is 14.0. The third-order valence-electron chi connectivity index (χ3n) is 11.4. The van der Waals surface area contributed by atoms with Crippen LogP contribution in [0, 0.1) is 0 Å². The largest absolute Gasteiger partial charge is 0.309 e. The second-order valence-electron chi connectivity index (χ2n) is 14.0. The molecule has 0 saturated heterocycles. The molecule has 0 unspecified atom stereocenters. The van der Waals surface area contributed by atoms with Gasteiger partial charge in [0.2, 0.25) is 0 Å². The van der Waals surface area contributed by atoms with Crippen molar-refractivity contribution < 1.29 is 4.79 Å².